The van der Waals surface area contributed by atoms with Crippen LogP contribution in [0.1, 0.15) is 0 Å². The van der Waals surface area contributed by atoms with Gasteiger partial charge in [0.05, 0.1) is 0 Å². The Morgan fingerprint density at radius 1 is 0.429 bits per heavy atom. The summed E-state index contributed by atoms with van der Waals surface area (Å²) in [6.07, 6.45) is 0. The van der Waals surface area contributed by atoms with Gasteiger partial charge in [0, 0.05) is 21.7 Å². The van der Waals surface area contributed by atoms with Crippen LogP contribution in [0.4, 0.5) is 0 Å². The van der Waals surface area contributed by atoms with E-state index < -0.39 is 0 Å². The van der Waals surface area contributed by atoms with Gasteiger partial charge in [0.1, 0.15) is 0 Å². The molecule has 4 nitrogen and oxygen atoms in total. The van der Waals surface area contributed by atoms with Gasteiger partial charge >= 0.3 is 34.7 Å². The van der Waals surface area contributed by atoms with Crippen LogP contribution < -0.4 is 0 Å². The van der Waals surface area contributed by atoms with Crippen molar-refractivity contribution in [2.75, 3.05) is 0 Å². The van der Waals surface area contributed by atoms with Crippen LogP contribution in [-0.4, -0.2) is 21.9 Å². The van der Waals surface area contributed by atoms with E-state index in [1.807, 2.05) is 0 Å². The quantitative estimate of drug-likeness (QED) is 0.500. The molecule has 0 spiro atoms. The minimum absolute atomic E-state index is 0. The summed E-state index contributed by atoms with van der Waals surface area (Å²) in [4.78, 5) is 0. The monoisotopic (exact) mass is 220 g/mol. The van der Waals surface area contributed by atoms with E-state index in [1.54, 1.807) is 0 Å². The van der Waals surface area contributed by atoms with Crippen molar-refractivity contribution in [1.29, 1.82) is 0 Å². The standard InChI is InChI=1S/2Cr.4H2O.Ti/h;;4*1H2;/q2*+2;;;;;/p-4. The molecule has 44 valence electrons. The van der Waals surface area contributed by atoms with E-state index in [0.29, 0.717) is 0 Å². The first kappa shape index (κ1) is 191. The minimum Gasteiger partial charge on any atom is -0.870 e. The molecular formula is H4Cr2O4Ti. The van der Waals surface area contributed by atoms with Crippen LogP contribution in [0.5, 0.6) is 0 Å². The zero-order valence-corrected chi connectivity index (χ0v) is 7.22. The molecular weight excluding hydrogens is 216 g/mol. The Morgan fingerprint density at radius 3 is 0.429 bits per heavy atom. The predicted octanol–water partition coefficient (Wildman–Crippen LogP) is -0.715. The fourth-order valence-electron chi connectivity index (χ4n) is 0. The maximum absolute atomic E-state index is 0. The second kappa shape index (κ2) is 127. The molecule has 0 aliphatic rings. The molecule has 0 radical (unpaired) electrons. The largest absolute Gasteiger partial charge is 2.00 e. The molecule has 0 rings (SSSR count). The summed E-state index contributed by atoms with van der Waals surface area (Å²) < 4.78 is 0. The Labute approximate surface area is 78.0 Å². The van der Waals surface area contributed by atoms with Crippen LogP contribution in [0.3, 0.4) is 0 Å². The Kier molecular flexibility index (Phi) is 3470. The summed E-state index contributed by atoms with van der Waals surface area (Å²) in [5, 5.41) is 0. The van der Waals surface area contributed by atoms with Gasteiger partial charge in [-0.15, -0.1) is 0 Å². The molecule has 0 bridgehead atoms. The minimum atomic E-state index is 0. The predicted molar refractivity (Wildman–Crippen MR) is 7.74 cm³/mol. The maximum atomic E-state index is 0. The third-order valence-corrected chi connectivity index (χ3v) is 0. The van der Waals surface area contributed by atoms with Crippen LogP contribution in [0.15, 0.2) is 0 Å². The molecule has 0 saturated heterocycles. The van der Waals surface area contributed by atoms with Gasteiger partial charge in [-0.2, -0.15) is 0 Å². The fourth-order valence-corrected chi connectivity index (χ4v) is 0. The van der Waals surface area contributed by atoms with Gasteiger partial charge in [-0.05, 0) is 0 Å². The first-order valence-corrected chi connectivity index (χ1v) is 0. The Balaban J connectivity index is 0. The Hall–Kier alpha value is 1.62. The normalized spacial score (nSPS) is 0. The van der Waals surface area contributed by atoms with E-state index >= 15 is 0 Å². The second-order valence-corrected chi connectivity index (χ2v) is 0. The van der Waals surface area contributed by atoms with Gasteiger partial charge in [0.25, 0.3) is 0 Å². The molecule has 0 aliphatic carbocycles. The van der Waals surface area contributed by atoms with Gasteiger partial charge in [-0.3, -0.25) is 0 Å². The van der Waals surface area contributed by atoms with Gasteiger partial charge < -0.3 is 21.9 Å². The van der Waals surface area contributed by atoms with Crippen molar-refractivity contribution in [2.24, 2.45) is 0 Å². The molecule has 7 heteroatoms. The average molecular weight is 220 g/mol. The molecule has 0 aromatic carbocycles. The van der Waals surface area contributed by atoms with Crippen molar-refractivity contribution in [1.82, 2.24) is 0 Å². The average Bonchev–Trinajstić information content (AvgIpc) is 0. The molecule has 0 heterocycles. The molecule has 0 fully saturated rings. The molecule has 0 atom stereocenters. The molecule has 4 N–H and O–H groups in total. The van der Waals surface area contributed by atoms with E-state index in [9.17, 15) is 0 Å². The van der Waals surface area contributed by atoms with Crippen LogP contribution in [0.2, 0.25) is 0 Å². The molecule has 0 unspecified atom stereocenters. The summed E-state index contributed by atoms with van der Waals surface area (Å²) >= 11 is 0. The van der Waals surface area contributed by atoms with Crippen molar-refractivity contribution < 1.29 is 78.3 Å². The van der Waals surface area contributed by atoms with Crippen LogP contribution in [0, 0.1) is 0 Å². The maximum Gasteiger partial charge on any atom is 2.00 e. The van der Waals surface area contributed by atoms with Crippen molar-refractivity contribution in [3.8, 4) is 0 Å². The zero-order valence-electron chi connectivity index (χ0n) is 3.11. The van der Waals surface area contributed by atoms with Crippen molar-refractivity contribution in [2.45, 2.75) is 0 Å². The summed E-state index contributed by atoms with van der Waals surface area (Å²) in [5.74, 6) is 0. The van der Waals surface area contributed by atoms with Gasteiger partial charge in [0.15, 0.2) is 0 Å². The summed E-state index contributed by atoms with van der Waals surface area (Å²) in [6.45, 7) is 0. The summed E-state index contributed by atoms with van der Waals surface area (Å²) in [5.41, 5.74) is 0. The molecule has 0 aliphatic heterocycles. The van der Waals surface area contributed by atoms with E-state index in [2.05, 4.69) is 0 Å². The molecule has 0 amide bonds. The first-order valence-electron chi connectivity index (χ1n) is 0. The van der Waals surface area contributed by atoms with E-state index in [1.165, 1.54) is 0 Å². The van der Waals surface area contributed by atoms with Crippen molar-refractivity contribution in [3.05, 3.63) is 0 Å². The van der Waals surface area contributed by atoms with E-state index in [-0.39, 0.29) is 78.3 Å². The zero-order chi connectivity index (χ0) is 0. The Bertz CT molecular complexity index is 9.65. The summed E-state index contributed by atoms with van der Waals surface area (Å²) in [7, 11) is 0. The topological polar surface area (TPSA) is 120 Å². The van der Waals surface area contributed by atoms with Crippen LogP contribution in [-0.2, 0) is 56.4 Å². The van der Waals surface area contributed by atoms with Crippen molar-refractivity contribution in [3.63, 3.8) is 0 Å². The van der Waals surface area contributed by atoms with Crippen LogP contribution in [0.25, 0.3) is 0 Å². The first-order chi connectivity index (χ1) is 0. The third kappa shape index (κ3) is 91.8. The SMILES string of the molecule is [Cr+2].[Cr+2].[OH-].[OH-].[OH-].[OH-].[Ti]. The molecule has 0 aromatic heterocycles. The van der Waals surface area contributed by atoms with Crippen LogP contribution >= 0.6 is 0 Å². The third-order valence-electron chi connectivity index (χ3n) is 0. The molecule has 0 saturated carbocycles. The van der Waals surface area contributed by atoms with Crippen molar-refractivity contribution >= 4 is 0 Å². The second-order valence-electron chi connectivity index (χ2n) is 0. The molecule has 0 aromatic rings. The molecule has 7 heavy (non-hydrogen) atoms. The smallest absolute Gasteiger partial charge is 0.870 e. The van der Waals surface area contributed by atoms with E-state index in [0.717, 1.165) is 0 Å². The van der Waals surface area contributed by atoms with E-state index in [4.69, 9.17) is 0 Å². The van der Waals surface area contributed by atoms with Gasteiger partial charge in [-0.1, -0.05) is 0 Å². The van der Waals surface area contributed by atoms with Gasteiger partial charge in [-0.25, -0.2) is 0 Å². The number of rotatable bonds is 0. The number of hydrogen-bond acceptors (Lipinski definition) is 4. The Morgan fingerprint density at radius 2 is 0.429 bits per heavy atom. The number of hydrogen-bond donors (Lipinski definition) is 0. The fraction of sp³-hybridized carbons (Fsp3) is 0. The van der Waals surface area contributed by atoms with Gasteiger partial charge in [0.2, 0.25) is 0 Å². The summed E-state index contributed by atoms with van der Waals surface area (Å²) in [6, 6.07) is 0.